The number of carboxylic acid groups (broad SMARTS) is 2. The first kappa shape index (κ1) is 23.1. The lowest BCUT2D eigenvalue weighted by molar-refractivity contribution is -0.147. The Hall–Kier alpha value is -2.94. The maximum absolute atomic E-state index is 12.5. The smallest absolute Gasteiger partial charge is 0.326 e. The first-order chi connectivity index (χ1) is 13.1. The summed E-state index contributed by atoms with van der Waals surface area (Å²) in [5, 5.41) is 22.6. The van der Waals surface area contributed by atoms with E-state index in [2.05, 4.69) is 10.6 Å². The maximum Gasteiger partial charge on any atom is 0.326 e. The van der Waals surface area contributed by atoms with E-state index in [0.717, 1.165) is 5.56 Å². The highest BCUT2D eigenvalue weighted by atomic mass is 16.4. The normalized spacial score (nSPS) is 14.0. The molecule has 0 heterocycles. The highest BCUT2D eigenvalue weighted by Crippen LogP contribution is 2.08. The fourth-order valence-corrected chi connectivity index (χ4v) is 2.59. The highest BCUT2D eigenvalue weighted by molar-refractivity contribution is 5.92. The van der Waals surface area contributed by atoms with Gasteiger partial charge in [-0.3, -0.25) is 14.4 Å². The van der Waals surface area contributed by atoms with Gasteiger partial charge in [0.15, 0.2) is 0 Å². The molecule has 0 aliphatic rings. The van der Waals surface area contributed by atoms with E-state index in [9.17, 15) is 19.2 Å². The zero-order chi connectivity index (χ0) is 21.3. The van der Waals surface area contributed by atoms with Crippen molar-refractivity contribution in [2.75, 3.05) is 0 Å². The standard InChI is InChI=1S/C19H27N3O6/c1-11(2)8-14(18(26)22-15(19(27)28)10-16(23)24)21-17(25)13(20)9-12-6-4-3-5-7-12/h3-7,11,13-15H,8-10,20H2,1-2H3,(H,21,25)(H,22,26)(H,23,24)(H,27,28)/t13-,14-,15-/m0/s1. The summed E-state index contributed by atoms with van der Waals surface area (Å²) in [6.45, 7) is 3.67. The summed E-state index contributed by atoms with van der Waals surface area (Å²) in [5.41, 5.74) is 6.79. The Balaban J connectivity index is 2.79. The molecule has 0 saturated carbocycles. The zero-order valence-corrected chi connectivity index (χ0v) is 15.9. The fourth-order valence-electron chi connectivity index (χ4n) is 2.59. The number of amides is 2. The van der Waals surface area contributed by atoms with Crippen molar-refractivity contribution in [3.8, 4) is 0 Å². The Kier molecular flexibility index (Phi) is 9.10. The van der Waals surface area contributed by atoms with E-state index >= 15 is 0 Å². The molecule has 1 aromatic rings. The van der Waals surface area contributed by atoms with Gasteiger partial charge in [-0.25, -0.2) is 4.79 Å². The molecule has 6 N–H and O–H groups in total. The molecule has 0 aliphatic carbocycles. The molecule has 0 fully saturated rings. The second-order valence-corrected chi connectivity index (χ2v) is 6.98. The maximum atomic E-state index is 12.5. The summed E-state index contributed by atoms with van der Waals surface area (Å²) < 4.78 is 0. The molecule has 3 atom stereocenters. The second kappa shape index (κ2) is 11.0. The monoisotopic (exact) mass is 393 g/mol. The predicted molar refractivity (Wildman–Crippen MR) is 101 cm³/mol. The number of rotatable bonds is 11. The molecule has 0 aromatic heterocycles. The quantitative estimate of drug-likeness (QED) is 0.357. The van der Waals surface area contributed by atoms with Crippen LogP contribution in [0.2, 0.25) is 0 Å². The van der Waals surface area contributed by atoms with E-state index in [4.69, 9.17) is 15.9 Å². The first-order valence-corrected chi connectivity index (χ1v) is 8.95. The molecule has 0 aliphatic heterocycles. The molecule has 0 unspecified atom stereocenters. The molecule has 0 saturated heterocycles. The molecule has 9 nitrogen and oxygen atoms in total. The molecule has 154 valence electrons. The number of carboxylic acids is 2. The number of nitrogens with one attached hydrogen (secondary N) is 2. The first-order valence-electron chi connectivity index (χ1n) is 8.95. The number of benzene rings is 1. The molecular formula is C19H27N3O6. The van der Waals surface area contributed by atoms with Crippen molar-refractivity contribution in [1.29, 1.82) is 0 Å². The Morgan fingerprint density at radius 2 is 1.54 bits per heavy atom. The van der Waals surface area contributed by atoms with E-state index in [-0.39, 0.29) is 18.8 Å². The third-order valence-corrected chi connectivity index (χ3v) is 3.97. The van der Waals surface area contributed by atoms with Gasteiger partial charge in [-0.2, -0.15) is 0 Å². The number of carbonyl (C=O) groups excluding carboxylic acids is 2. The number of hydrogen-bond donors (Lipinski definition) is 5. The number of nitrogens with two attached hydrogens (primary N) is 1. The minimum absolute atomic E-state index is 0.0177. The van der Waals surface area contributed by atoms with Gasteiger partial charge in [0.25, 0.3) is 0 Å². The van der Waals surface area contributed by atoms with Crippen molar-refractivity contribution in [1.82, 2.24) is 10.6 Å². The van der Waals surface area contributed by atoms with E-state index in [0.29, 0.717) is 0 Å². The van der Waals surface area contributed by atoms with Crippen LogP contribution in [0.15, 0.2) is 30.3 Å². The summed E-state index contributed by atoms with van der Waals surface area (Å²) in [4.78, 5) is 46.8. The lowest BCUT2D eigenvalue weighted by atomic mass is 10.0. The van der Waals surface area contributed by atoms with Gasteiger partial charge in [0.05, 0.1) is 12.5 Å². The van der Waals surface area contributed by atoms with Gasteiger partial charge in [-0.1, -0.05) is 44.2 Å². The Morgan fingerprint density at radius 1 is 0.964 bits per heavy atom. The third kappa shape index (κ3) is 8.17. The number of aliphatic carboxylic acids is 2. The van der Waals surface area contributed by atoms with Gasteiger partial charge in [-0.05, 0) is 24.3 Å². The van der Waals surface area contributed by atoms with Crippen LogP contribution in [-0.4, -0.2) is 52.1 Å². The predicted octanol–water partition coefficient (Wildman–Crippen LogP) is 0.131. The van der Waals surface area contributed by atoms with Crippen LogP contribution < -0.4 is 16.4 Å². The molecule has 1 rings (SSSR count). The SMILES string of the molecule is CC(C)C[C@H](NC(=O)[C@@H](N)Cc1ccccc1)C(=O)N[C@@H](CC(=O)O)C(=O)O. The number of carbonyl (C=O) groups is 4. The van der Waals surface area contributed by atoms with E-state index in [1.807, 2.05) is 44.2 Å². The van der Waals surface area contributed by atoms with Crippen LogP contribution in [0, 0.1) is 5.92 Å². The number of hydrogen-bond acceptors (Lipinski definition) is 5. The summed E-state index contributed by atoms with van der Waals surface area (Å²) in [6.07, 6.45) is -0.245. The van der Waals surface area contributed by atoms with Crippen LogP contribution in [0.1, 0.15) is 32.3 Å². The van der Waals surface area contributed by atoms with Gasteiger partial charge < -0.3 is 26.6 Å². The van der Waals surface area contributed by atoms with Gasteiger partial charge >= 0.3 is 11.9 Å². The molecule has 2 amide bonds. The molecule has 1 aromatic carbocycles. The average Bonchev–Trinajstić information content (AvgIpc) is 2.60. The molecule has 28 heavy (non-hydrogen) atoms. The zero-order valence-electron chi connectivity index (χ0n) is 15.9. The topological polar surface area (TPSA) is 159 Å². The average molecular weight is 393 g/mol. The van der Waals surface area contributed by atoms with Crippen LogP contribution in [0.5, 0.6) is 0 Å². The van der Waals surface area contributed by atoms with Crippen molar-refractivity contribution in [2.45, 2.75) is 51.2 Å². The van der Waals surface area contributed by atoms with Gasteiger partial charge in [0.2, 0.25) is 11.8 Å². The van der Waals surface area contributed by atoms with Crippen molar-refractivity contribution < 1.29 is 29.4 Å². The lowest BCUT2D eigenvalue weighted by Crippen LogP contribution is -2.55. The van der Waals surface area contributed by atoms with Crippen molar-refractivity contribution in [2.24, 2.45) is 11.7 Å². The Morgan fingerprint density at radius 3 is 2.04 bits per heavy atom. The molecule has 0 radical (unpaired) electrons. The Bertz CT molecular complexity index is 692. The van der Waals surface area contributed by atoms with Crippen molar-refractivity contribution in [3.63, 3.8) is 0 Å². The van der Waals surface area contributed by atoms with Crippen molar-refractivity contribution >= 4 is 23.8 Å². The molecule has 9 heteroatoms. The van der Waals surface area contributed by atoms with Crippen molar-refractivity contribution in [3.05, 3.63) is 35.9 Å². The van der Waals surface area contributed by atoms with Crippen LogP contribution in [0.4, 0.5) is 0 Å². The highest BCUT2D eigenvalue weighted by Gasteiger charge is 2.29. The molecule has 0 spiro atoms. The van der Waals surface area contributed by atoms with Gasteiger partial charge in [0.1, 0.15) is 12.1 Å². The van der Waals surface area contributed by atoms with E-state index in [1.165, 1.54) is 0 Å². The molecular weight excluding hydrogens is 366 g/mol. The van der Waals surface area contributed by atoms with Gasteiger partial charge in [-0.15, -0.1) is 0 Å². The van der Waals surface area contributed by atoms with E-state index in [1.54, 1.807) is 0 Å². The van der Waals surface area contributed by atoms with Crippen LogP contribution in [0.3, 0.4) is 0 Å². The summed E-state index contributed by atoms with van der Waals surface area (Å²) in [7, 11) is 0. The fraction of sp³-hybridized carbons (Fsp3) is 0.474. The lowest BCUT2D eigenvalue weighted by Gasteiger charge is -2.23. The summed E-state index contributed by atoms with van der Waals surface area (Å²) in [6, 6.07) is 5.64. The minimum atomic E-state index is -1.59. The van der Waals surface area contributed by atoms with Gasteiger partial charge in [0, 0.05) is 0 Å². The third-order valence-electron chi connectivity index (χ3n) is 3.97. The summed E-state index contributed by atoms with van der Waals surface area (Å²) >= 11 is 0. The second-order valence-electron chi connectivity index (χ2n) is 6.98. The van der Waals surface area contributed by atoms with Crippen LogP contribution >= 0.6 is 0 Å². The summed E-state index contributed by atoms with van der Waals surface area (Å²) in [5.74, 6) is -4.12. The largest absolute Gasteiger partial charge is 0.481 e. The van der Waals surface area contributed by atoms with Crippen LogP contribution in [0.25, 0.3) is 0 Å². The van der Waals surface area contributed by atoms with Crippen LogP contribution in [-0.2, 0) is 25.6 Å². The Labute approximate surface area is 163 Å². The molecule has 0 bridgehead atoms. The minimum Gasteiger partial charge on any atom is -0.481 e. The van der Waals surface area contributed by atoms with E-state index < -0.39 is 48.3 Å².